The molecule has 2 saturated carbocycles. The Labute approximate surface area is 224 Å². The van der Waals surface area contributed by atoms with Gasteiger partial charge in [-0.05, 0) is 24.5 Å². The van der Waals surface area contributed by atoms with Gasteiger partial charge in [-0.2, -0.15) is 0 Å². The Morgan fingerprint density at radius 3 is 2.34 bits per heavy atom. The molecule has 0 aromatic heterocycles. The first kappa shape index (κ1) is 26.9. The van der Waals surface area contributed by atoms with Crippen LogP contribution in [0.15, 0.2) is 30.3 Å². The maximum Gasteiger partial charge on any atom is 0.311 e. The van der Waals surface area contributed by atoms with Gasteiger partial charge in [0, 0.05) is 75.9 Å². The average molecular weight is 529 g/mol. The molecule has 5 rings (SSSR count). The molecule has 1 aromatic carbocycles. The molecular formula is C29H40N2O7. The summed E-state index contributed by atoms with van der Waals surface area (Å²) in [6.07, 6.45) is -1.66. The second-order valence-corrected chi connectivity index (χ2v) is 11.8. The molecule has 0 amide bonds. The highest BCUT2D eigenvalue weighted by molar-refractivity contribution is 5.76. The predicted octanol–water partition coefficient (Wildman–Crippen LogP) is 2.26. The molecule has 0 spiro atoms. The Morgan fingerprint density at radius 1 is 1.05 bits per heavy atom. The molecule has 9 nitrogen and oxygen atoms in total. The van der Waals surface area contributed by atoms with E-state index < -0.39 is 47.7 Å². The summed E-state index contributed by atoms with van der Waals surface area (Å²) in [4.78, 5) is 42.2. The third-order valence-electron chi connectivity index (χ3n) is 9.50. The summed E-state index contributed by atoms with van der Waals surface area (Å²) in [6, 6.07) is 10.3. The fourth-order valence-corrected chi connectivity index (χ4v) is 7.89. The Balaban J connectivity index is 1.40. The van der Waals surface area contributed by atoms with Gasteiger partial charge in [0.15, 0.2) is 0 Å². The number of fused-ring (bicyclic) bond motifs is 2. The van der Waals surface area contributed by atoms with Crippen molar-refractivity contribution in [1.82, 2.24) is 4.90 Å². The van der Waals surface area contributed by atoms with Crippen LogP contribution in [0.1, 0.15) is 40.5 Å². The first-order valence-corrected chi connectivity index (χ1v) is 13.8. The summed E-state index contributed by atoms with van der Waals surface area (Å²) >= 11 is 0. The van der Waals surface area contributed by atoms with Crippen molar-refractivity contribution >= 4 is 23.6 Å². The van der Waals surface area contributed by atoms with Gasteiger partial charge in [0.25, 0.3) is 0 Å². The highest BCUT2D eigenvalue weighted by Crippen LogP contribution is 2.59. The number of aliphatic hydroxyl groups is 1. The number of esters is 3. The van der Waals surface area contributed by atoms with Crippen molar-refractivity contribution in [3.05, 3.63) is 30.3 Å². The van der Waals surface area contributed by atoms with E-state index in [-0.39, 0.29) is 30.1 Å². The fraction of sp³-hybridized carbons (Fsp3) is 0.690. The highest BCUT2D eigenvalue weighted by Gasteiger charge is 2.67. The molecule has 2 aliphatic heterocycles. The van der Waals surface area contributed by atoms with Crippen LogP contribution in [0.3, 0.4) is 0 Å². The molecule has 9 heteroatoms. The van der Waals surface area contributed by atoms with Crippen LogP contribution >= 0.6 is 0 Å². The highest BCUT2D eigenvalue weighted by atomic mass is 16.6. The molecule has 208 valence electrons. The third kappa shape index (κ3) is 4.79. The van der Waals surface area contributed by atoms with Crippen LogP contribution in [0.25, 0.3) is 0 Å². The number of hydrogen-bond donors (Lipinski definition) is 1. The van der Waals surface area contributed by atoms with Crippen LogP contribution in [0, 0.1) is 29.1 Å². The molecule has 0 radical (unpaired) electrons. The Hall–Kier alpha value is -2.65. The number of anilines is 1. The number of aliphatic hydroxyl groups excluding tert-OH is 1. The molecule has 0 bridgehead atoms. The number of benzene rings is 1. The van der Waals surface area contributed by atoms with Crippen molar-refractivity contribution in [2.24, 2.45) is 29.1 Å². The third-order valence-corrected chi connectivity index (χ3v) is 9.50. The van der Waals surface area contributed by atoms with E-state index in [0.717, 1.165) is 26.2 Å². The molecule has 4 fully saturated rings. The van der Waals surface area contributed by atoms with Crippen molar-refractivity contribution in [3.8, 4) is 0 Å². The maximum absolute atomic E-state index is 13.3. The van der Waals surface area contributed by atoms with Crippen molar-refractivity contribution in [1.29, 1.82) is 0 Å². The smallest absolute Gasteiger partial charge is 0.311 e. The Bertz CT molecular complexity index is 1040. The monoisotopic (exact) mass is 528 g/mol. The van der Waals surface area contributed by atoms with Crippen molar-refractivity contribution < 1.29 is 33.7 Å². The molecule has 1 aromatic rings. The predicted molar refractivity (Wildman–Crippen MR) is 139 cm³/mol. The van der Waals surface area contributed by atoms with Gasteiger partial charge in [0.1, 0.15) is 18.3 Å². The summed E-state index contributed by atoms with van der Waals surface area (Å²) in [5, 5.41) is 11.4. The number of carbonyl (C=O) groups is 3. The van der Waals surface area contributed by atoms with Gasteiger partial charge < -0.3 is 24.2 Å². The van der Waals surface area contributed by atoms with Crippen LogP contribution in [-0.4, -0.2) is 85.1 Å². The van der Waals surface area contributed by atoms with E-state index in [9.17, 15) is 19.5 Å². The maximum atomic E-state index is 13.3. The lowest BCUT2D eigenvalue weighted by molar-refractivity contribution is -0.174. The van der Waals surface area contributed by atoms with Crippen molar-refractivity contribution in [3.63, 3.8) is 0 Å². The molecule has 4 aliphatic rings. The molecule has 1 N–H and O–H groups in total. The minimum atomic E-state index is -0.886. The van der Waals surface area contributed by atoms with Gasteiger partial charge >= 0.3 is 17.9 Å². The van der Waals surface area contributed by atoms with E-state index in [0.29, 0.717) is 13.0 Å². The Kier molecular flexibility index (Phi) is 7.44. The second kappa shape index (κ2) is 10.5. The summed E-state index contributed by atoms with van der Waals surface area (Å²) in [5.74, 6) is -2.23. The standard InChI is InChI=1S/C29H40N2O7/c1-17-14-22-25(27(37-19(3)33)29(4)24(34)15-23(26(17)29)36-18(2)32)21(28(35)38-22)16-30-10-12-31(13-11-30)20-8-6-5-7-9-20/h5-9,17,21-27,34H,10-16H2,1-4H3/t17-,21?,22+,23+,24+,25-,26?,27+,29-/m1/s1. The largest absolute Gasteiger partial charge is 0.462 e. The summed E-state index contributed by atoms with van der Waals surface area (Å²) in [7, 11) is 0. The second-order valence-electron chi connectivity index (χ2n) is 11.8. The minimum Gasteiger partial charge on any atom is -0.462 e. The van der Waals surface area contributed by atoms with Crippen LogP contribution in [0.2, 0.25) is 0 Å². The van der Waals surface area contributed by atoms with Crippen LogP contribution in [0.4, 0.5) is 5.69 Å². The lowest BCUT2D eigenvalue weighted by Gasteiger charge is -2.44. The SMILES string of the molecule is CC(=O)O[C@H]1C[C@H](O)[C@]2(C)C1[C@H](C)C[C@@H]1OC(=O)C(CN3CCN(c4ccccc4)CC3)[C@H]1[C@@H]2OC(C)=O. The van der Waals surface area contributed by atoms with E-state index in [2.05, 4.69) is 28.9 Å². The van der Waals surface area contributed by atoms with E-state index in [1.165, 1.54) is 19.5 Å². The molecule has 9 atom stereocenters. The summed E-state index contributed by atoms with van der Waals surface area (Å²) < 4.78 is 17.7. The van der Waals surface area contributed by atoms with Gasteiger partial charge in [-0.25, -0.2) is 0 Å². The molecule has 2 unspecified atom stereocenters. The van der Waals surface area contributed by atoms with Gasteiger partial charge in [-0.3, -0.25) is 19.3 Å². The molecule has 2 saturated heterocycles. The van der Waals surface area contributed by atoms with E-state index in [1.54, 1.807) is 0 Å². The number of para-hydroxylation sites is 1. The lowest BCUT2D eigenvalue weighted by atomic mass is 9.66. The fourth-order valence-electron chi connectivity index (χ4n) is 7.89. The number of hydrogen-bond acceptors (Lipinski definition) is 9. The number of nitrogens with zero attached hydrogens (tertiary/aromatic N) is 2. The number of rotatable bonds is 5. The van der Waals surface area contributed by atoms with Gasteiger partial charge in [0.2, 0.25) is 0 Å². The molecule has 2 aliphatic carbocycles. The van der Waals surface area contributed by atoms with Crippen LogP contribution in [-0.2, 0) is 28.6 Å². The summed E-state index contributed by atoms with van der Waals surface area (Å²) in [5.41, 5.74) is 0.305. The quantitative estimate of drug-likeness (QED) is 0.455. The van der Waals surface area contributed by atoms with Gasteiger partial charge in [-0.15, -0.1) is 0 Å². The lowest BCUT2D eigenvalue weighted by Crippen LogP contribution is -2.54. The topological polar surface area (TPSA) is 106 Å². The summed E-state index contributed by atoms with van der Waals surface area (Å²) in [6.45, 7) is 10.5. The van der Waals surface area contributed by atoms with Crippen molar-refractivity contribution in [2.45, 2.75) is 65.0 Å². The number of carbonyl (C=O) groups excluding carboxylic acids is 3. The average Bonchev–Trinajstić information content (AvgIpc) is 3.26. The Morgan fingerprint density at radius 2 is 1.71 bits per heavy atom. The van der Waals surface area contributed by atoms with Gasteiger partial charge in [0.05, 0.1) is 12.0 Å². The van der Waals surface area contributed by atoms with E-state index >= 15 is 0 Å². The first-order chi connectivity index (χ1) is 18.1. The minimum absolute atomic E-state index is 0.0180. The number of ether oxygens (including phenoxy) is 3. The zero-order valence-corrected chi connectivity index (χ0v) is 22.7. The van der Waals surface area contributed by atoms with Crippen LogP contribution in [0.5, 0.6) is 0 Å². The van der Waals surface area contributed by atoms with Crippen molar-refractivity contribution in [2.75, 3.05) is 37.6 Å². The van der Waals surface area contributed by atoms with Gasteiger partial charge in [-0.1, -0.05) is 32.0 Å². The number of piperazine rings is 1. The zero-order chi connectivity index (χ0) is 27.2. The molecule has 38 heavy (non-hydrogen) atoms. The molecule has 2 heterocycles. The van der Waals surface area contributed by atoms with Crippen LogP contribution < -0.4 is 4.90 Å². The molecular weight excluding hydrogens is 488 g/mol. The van der Waals surface area contributed by atoms with E-state index in [1.807, 2.05) is 25.1 Å². The van der Waals surface area contributed by atoms with E-state index in [4.69, 9.17) is 14.2 Å². The normalized spacial score (nSPS) is 39.1. The first-order valence-electron chi connectivity index (χ1n) is 13.8. The zero-order valence-electron chi connectivity index (χ0n) is 22.7.